The molecule has 2 rings (SSSR count). The van der Waals surface area contributed by atoms with Crippen molar-refractivity contribution in [1.29, 1.82) is 0 Å². The summed E-state index contributed by atoms with van der Waals surface area (Å²) in [6.45, 7) is 2.19. The van der Waals surface area contributed by atoms with E-state index in [2.05, 4.69) is 6.92 Å². The lowest BCUT2D eigenvalue weighted by atomic mass is 9.80. The molecule has 56 valence electrons. The smallest absolute Gasteiger partial charge is 0.139 e. The molecule has 0 aromatic heterocycles. The molecule has 2 saturated carbocycles. The van der Waals surface area contributed by atoms with Crippen LogP contribution in [0.25, 0.3) is 0 Å². The van der Waals surface area contributed by atoms with Crippen LogP contribution in [0.3, 0.4) is 0 Å². The molecule has 0 radical (unpaired) electrons. The van der Waals surface area contributed by atoms with Gasteiger partial charge in [0.2, 0.25) is 0 Å². The molecule has 0 aromatic rings. The highest BCUT2D eigenvalue weighted by Crippen LogP contribution is 2.54. The van der Waals surface area contributed by atoms with Gasteiger partial charge in [0.25, 0.3) is 0 Å². The number of ketones is 1. The number of hydrogen-bond donors (Lipinski definition) is 0. The average Bonchev–Trinajstić information content (AvgIpc) is 2.62. The minimum Gasteiger partial charge on any atom is -0.299 e. The first-order valence-electron chi connectivity index (χ1n) is 4.26. The van der Waals surface area contributed by atoms with Gasteiger partial charge in [-0.05, 0) is 31.6 Å². The van der Waals surface area contributed by atoms with Crippen LogP contribution in [-0.4, -0.2) is 5.78 Å². The van der Waals surface area contributed by atoms with Gasteiger partial charge in [-0.3, -0.25) is 4.79 Å². The van der Waals surface area contributed by atoms with E-state index in [0.717, 1.165) is 6.42 Å². The average molecular weight is 138 g/mol. The first kappa shape index (κ1) is 6.38. The molecule has 0 heterocycles. The Morgan fingerprint density at radius 1 is 1.40 bits per heavy atom. The third-order valence-corrected chi connectivity index (χ3v) is 3.09. The standard InChI is InChI=1S/C9H14O/c1-7-2-3-9(4-5-9)8(10)6-7/h7H,2-6H2,1H3. The monoisotopic (exact) mass is 138 g/mol. The van der Waals surface area contributed by atoms with Crippen molar-refractivity contribution in [2.24, 2.45) is 11.3 Å². The Labute approximate surface area is 61.8 Å². The van der Waals surface area contributed by atoms with Crippen molar-refractivity contribution in [2.75, 3.05) is 0 Å². The zero-order valence-electron chi connectivity index (χ0n) is 6.52. The van der Waals surface area contributed by atoms with Crippen LogP contribution in [0.2, 0.25) is 0 Å². The fourth-order valence-electron chi connectivity index (χ4n) is 1.98. The van der Waals surface area contributed by atoms with Gasteiger partial charge in [-0.1, -0.05) is 6.92 Å². The summed E-state index contributed by atoms with van der Waals surface area (Å²) < 4.78 is 0. The Hall–Kier alpha value is -0.330. The number of carbonyl (C=O) groups is 1. The van der Waals surface area contributed by atoms with Crippen molar-refractivity contribution in [3.8, 4) is 0 Å². The Balaban J connectivity index is 2.08. The zero-order chi connectivity index (χ0) is 7.19. The van der Waals surface area contributed by atoms with Gasteiger partial charge in [-0.2, -0.15) is 0 Å². The van der Waals surface area contributed by atoms with Crippen molar-refractivity contribution in [3.63, 3.8) is 0 Å². The fraction of sp³-hybridized carbons (Fsp3) is 0.889. The number of rotatable bonds is 0. The molecule has 10 heavy (non-hydrogen) atoms. The third kappa shape index (κ3) is 0.799. The van der Waals surface area contributed by atoms with Crippen molar-refractivity contribution >= 4 is 5.78 Å². The molecule has 1 nitrogen and oxygen atoms in total. The molecule has 0 amide bonds. The SMILES string of the molecule is CC1CCC2(CC2)C(=O)C1. The highest BCUT2D eigenvalue weighted by atomic mass is 16.1. The van der Waals surface area contributed by atoms with Crippen molar-refractivity contribution < 1.29 is 4.79 Å². The highest BCUT2D eigenvalue weighted by Gasteiger charge is 2.50. The van der Waals surface area contributed by atoms with Crippen LogP contribution in [-0.2, 0) is 4.79 Å². The summed E-state index contributed by atoms with van der Waals surface area (Å²) in [6.07, 6.45) is 5.72. The second kappa shape index (κ2) is 1.84. The molecule has 0 bridgehead atoms. The van der Waals surface area contributed by atoms with E-state index in [9.17, 15) is 4.79 Å². The number of Topliss-reactive ketones (excluding diaryl/α,β-unsaturated/α-hetero) is 1. The zero-order valence-corrected chi connectivity index (χ0v) is 6.52. The molecule has 0 aromatic carbocycles. The lowest BCUT2D eigenvalue weighted by Gasteiger charge is -2.24. The Kier molecular flexibility index (Phi) is 1.17. The van der Waals surface area contributed by atoms with Gasteiger partial charge in [-0.25, -0.2) is 0 Å². The Morgan fingerprint density at radius 2 is 2.10 bits per heavy atom. The Bertz CT molecular complexity index is 168. The number of hydrogen-bond acceptors (Lipinski definition) is 1. The van der Waals surface area contributed by atoms with Crippen LogP contribution in [0.4, 0.5) is 0 Å². The summed E-state index contributed by atoms with van der Waals surface area (Å²) in [5.74, 6) is 1.23. The fourth-order valence-corrected chi connectivity index (χ4v) is 1.98. The van der Waals surface area contributed by atoms with E-state index in [4.69, 9.17) is 0 Å². The van der Waals surface area contributed by atoms with Gasteiger partial charge in [0, 0.05) is 11.8 Å². The maximum absolute atomic E-state index is 11.4. The quantitative estimate of drug-likeness (QED) is 0.501. The maximum Gasteiger partial charge on any atom is 0.139 e. The first-order chi connectivity index (χ1) is 4.73. The van der Waals surface area contributed by atoms with Crippen LogP contribution in [0.1, 0.15) is 39.0 Å². The maximum atomic E-state index is 11.4. The van der Waals surface area contributed by atoms with Crippen LogP contribution in [0, 0.1) is 11.3 Å². The largest absolute Gasteiger partial charge is 0.299 e. The van der Waals surface area contributed by atoms with Crippen molar-refractivity contribution in [2.45, 2.75) is 39.0 Å². The second-order valence-electron chi connectivity index (χ2n) is 4.05. The molecular formula is C9H14O. The summed E-state index contributed by atoms with van der Waals surface area (Å²) in [6, 6.07) is 0. The molecule has 2 aliphatic rings. The van der Waals surface area contributed by atoms with Gasteiger partial charge in [0.15, 0.2) is 0 Å². The van der Waals surface area contributed by atoms with Crippen LogP contribution in [0.5, 0.6) is 0 Å². The van der Waals surface area contributed by atoms with Crippen molar-refractivity contribution in [1.82, 2.24) is 0 Å². The van der Waals surface area contributed by atoms with E-state index in [0.29, 0.717) is 11.7 Å². The minimum atomic E-state index is 0.229. The van der Waals surface area contributed by atoms with Crippen molar-refractivity contribution in [3.05, 3.63) is 0 Å². The van der Waals surface area contributed by atoms with Gasteiger partial charge in [0.05, 0.1) is 0 Å². The normalized spacial score (nSPS) is 36.5. The predicted molar refractivity (Wildman–Crippen MR) is 39.7 cm³/mol. The van der Waals surface area contributed by atoms with Gasteiger partial charge >= 0.3 is 0 Å². The van der Waals surface area contributed by atoms with Crippen LogP contribution in [0.15, 0.2) is 0 Å². The van der Waals surface area contributed by atoms with E-state index in [1.165, 1.54) is 25.7 Å². The van der Waals surface area contributed by atoms with Gasteiger partial charge in [-0.15, -0.1) is 0 Å². The van der Waals surface area contributed by atoms with Crippen LogP contribution < -0.4 is 0 Å². The van der Waals surface area contributed by atoms with Gasteiger partial charge < -0.3 is 0 Å². The molecule has 1 atom stereocenters. The summed E-state index contributed by atoms with van der Waals surface area (Å²) >= 11 is 0. The second-order valence-corrected chi connectivity index (χ2v) is 4.05. The third-order valence-electron chi connectivity index (χ3n) is 3.09. The van der Waals surface area contributed by atoms with E-state index in [-0.39, 0.29) is 5.41 Å². The molecular weight excluding hydrogens is 124 g/mol. The summed E-state index contributed by atoms with van der Waals surface area (Å²) in [7, 11) is 0. The van der Waals surface area contributed by atoms with Crippen LogP contribution >= 0.6 is 0 Å². The predicted octanol–water partition coefficient (Wildman–Crippen LogP) is 2.16. The van der Waals surface area contributed by atoms with E-state index >= 15 is 0 Å². The number of carbonyl (C=O) groups excluding carboxylic acids is 1. The molecule has 0 saturated heterocycles. The minimum absolute atomic E-state index is 0.229. The molecule has 1 heteroatoms. The van der Waals surface area contributed by atoms with E-state index in [1.54, 1.807) is 0 Å². The van der Waals surface area contributed by atoms with E-state index in [1.807, 2.05) is 0 Å². The highest BCUT2D eigenvalue weighted by molar-refractivity contribution is 5.88. The summed E-state index contributed by atoms with van der Waals surface area (Å²) in [5, 5.41) is 0. The molecule has 0 N–H and O–H groups in total. The van der Waals surface area contributed by atoms with E-state index < -0.39 is 0 Å². The molecule has 2 aliphatic carbocycles. The lowest BCUT2D eigenvalue weighted by Crippen LogP contribution is -2.24. The lowest BCUT2D eigenvalue weighted by molar-refractivity contribution is -0.127. The van der Waals surface area contributed by atoms with Gasteiger partial charge in [0.1, 0.15) is 5.78 Å². The molecule has 1 unspecified atom stereocenters. The topological polar surface area (TPSA) is 17.1 Å². The Morgan fingerprint density at radius 3 is 2.60 bits per heavy atom. The summed E-state index contributed by atoms with van der Waals surface area (Å²) in [5.41, 5.74) is 0.229. The summed E-state index contributed by atoms with van der Waals surface area (Å²) in [4.78, 5) is 11.4. The molecule has 0 aliphatic heterocycles. The first-order valence-corrected chi connectivity index (χ1v) is 4.26. The molecule has 2 fully saturated rings. The molecule has 1 spiro atoms.